The summed E-state index contributed by atoms with van der Waals surface area (Å²) in [7, 11) is 0. The topological polar surface area (TPSA) is 85.3 Å². The minimum atomic E-state index is -0.140. The number of nitrogens with one attached hydrogen (secondary N) is 1. The van der Waals surface area contributed by atoms with E-state index >= 15 is 0 Å². The number of fused-ring (bicyclic) bond motifs is 2. The SMILES string of the molecule is C=C/C=C(\N=C)[C@H](C)n1c(-c2cn3c(C)nnc3c(NC(C)C)n2)nc2ccc(C(C)C)cc21. The number of benzene rings is 1. The molecular formula is C26H32N8. The van der Waals surface area contributed by atoms with Gasteiger partial charge in [-0.15, -0.1) is 10.2 Å². The Morgan fingerprint density at radius 3 is 2.53 bits per heavy atom. The highest BCUT2D eigenvalue weighted by Gasteiger charge is 2.23. The second kappa shape index (κ2) is 9.21. The quantitative estimate of drug-likeness (QED) is 0.270. The van der Waals surface area contributed by atoms with E-state index in [1.54, 1.807) is 6.08 Å². The molecule has 34 heavy (non-hydrogen) atoms. The lowest BCUT2D eigenvalue weighted by atomic mass is 10.0. The van der Waals surface area contributed by atoms with Crippen LogP contribution in [0.1, 0.15) is 58.0 Å². The van der Waals surface area contributed by atoms with Gasteiger partial charge in [-0.1, -0.05) is 32.6 Å². The number of hydrogen-bond donors (Lipinski definition) is 1. The van der Waals surface area contributed by atoms with E-state index in [9.17, 15) is 0 Å². The molecule has 1 atom stereocenters. The Labute approximate surface area is 200 Å². The molecule has 8 nitrogen and oxygen atoms in total. The minimum absolute atomic E-state index is 0.140. The number of hydrogen-bond acceptors (Lipinski definition) is 6. The summed E-state index contributed by atoms with van der Waals surface area (Å²) in [6.45, 7) is 20.2. The summed E-state index contributed by atoms with van der Waals surface area (Å²) in [5, 5.41) is 12.0. The molecule has 0 saturated carbocycles. The number of nitrogens with zero attached hydrogens (tertiary/aromatic N) is 7. The van der Waals surface area contributed by atoms with Gasteiger partial charge in [0.15, 0.2) is 11.6 Å². The van der Waals surface area contributed by atoms with Crippen LogP contribution in [0.5, 0.6) is 0 Å². The molecule has 0 unspecified atom stereocenters. The Kier molecular flexibility index (Phi) is 6.32. The Morgan fingerprint density at radius 2 is 1.88 bits per heavy atom. The molecule has 0 bridgehead atoms. The average molecular weight is 457 g/mol. The van der Waals surface area contributed by atoms with E-state index in [1.807, 2.05) is 23.6 Å². The van der Waals surface area contributed by atoms with Crippen molar-refractivity contribution in [1.82, 2.24) is 29.1 Å². The third-order valence-electron chi connectivity index (χ3n) is 5.88. The third kappa shape index (κ3) is 4.11. The van der Waals surface area contributed by atoms with Crippen LogP contribution in [0.15, 0.2) is 53.8 Å². The van der Waals surface area contributed by atoms with E-state index < -0.39 is 0 Å². The van der Waals surface area contributed by atoms with E-state index in [2.05, 4.69) is 91.2 Å². The van der Waals surface area contributed by atoms with Crippen molar-refractivity contribution in [3.8, 4) is 11.5 Å². The van der Waals surface area contributed by atoms with Crippen LogP contribution < -0.4 is 5.32 Å². The summed E-state index contributed by atoms with van der Waals surface area (Å²) >= 11 is 0. The summed E-state index contributed by atoms with van der Waals surface area (Å²) < 4.78 is 4.13. The summed E-state index contributed by atoms with van der Waals surface area (Å²) in [4.78, 5) is 14.3. The van der Waals surface area contributed by atoms with Gasteiger partial charge in [0.2, 0.25) is 5.65 Å². The first-order valence-electron chi connectivity index (χ1n) is 11.6. The molecule has 0 aliphatic heterocycles. The zero-order chi connectivity index (χ0) is 24.6. The molecular weight excluding hydrogens is 424 g/mol. The van der Waals surface area contributed by atoms with Crippen molar-refractivity contribution in [2.45, 2.75) is 59.5 Å². The van der Waals surface area contributed by atoms with Crippen LogP contribution in [-0.2, 0) is 0 Å². The largest absolute Gasteiger partial charge is 0.365 e. The fraction of sp³-hybridized carbons (Fsp3) is 0.346. The zero-order valence-corrected chi connectivity index (χ0v) is 20.7. The summed E-state index contributed by atoms with van der Waals surface area (Å²) in [5.74, 6) is 2.58. The van der Waals surface area contributed by atoms with E-state index in [0.717, 1.165) is 34.1 Å². The van der Waals surface area contributed by atoms with Crippen molar-refractivity contribution in [1.29, 1.82) is 0 Å². The van der Waals surface area contributed by atoms with Gasteiger partial charge in [-0.05, 0) is 64.1 Å². The second-order valence-corrected chi connectivity index (χ2v) is 9.08. The lowest BCUT2D eigenvalue weighted by molar-refractivity contribution is 0.643. The smallest absolute Gasteiger partial charge is 0.203 e. The molecule has 0 radical (unpaired) electrons. The predicted octanol–water partition coefficient (Wildman–Crippen LogP) is 5.72. The minimum Gasteiger partial charge on any atom is -0.365 e. The van der Waals surface area contributed by atoms with Crippen molar-refractivity contribution >= 4 is 29.2 Å². The molecule has 0 fully saturated rings. The molecule has 3 aromatic heterocycles. The maximum absolute atomic E-state index is 5.03. The summed E-state index contributed by atoms with van der Waals surface area (Å²) in [6.07, 6.45) is 5.56. The van der Waals surface area contributed by atoms with Crippen LogP contribution in [0.2, 0.25) is 0 Å². The highest BCUT2D eigenvalue weighted by molar-refractivity contribution is 5.82. The van der Waals surface area contributed by atoms with Crippen molar-refractivity contribution in [2.75, 3.05) is 5.32 Å². The van der Waals surface area contributed by atoms with Gasteiger partial charge in [-0.3, -0.25) is 9.39 Å². The Balaban J connectivity index is 2.05. The summed E-state index contributed by atoms with van der Waals surface area (Å²) in [6, 6.07) is 6.46. The first-order chi connectivity index (χ1) is 16.2. The van der Waals surface area contributed by atoms with Crippen LogP contribution in [0.4, 0.5) is 5.82 Å². The van der Waals surface area contributed by atoms with Gasteiger partial charge >= 0.3 is 0 Å². The van der Waals surface area contributed by atoms with Crippen LogP contribution in [0.3, 0.4) is 0 Å². The fourth-order valence-electron chi connectivity index (χ4n) is 4.10. The standard InChI is InChI=1S/C26H32N8/c1-9-10-20(27-8)17(6)34-23-13-19(15(2)3)11-12-21(23)30-25(34)22-14-33-18(7)31-32-26(33)24(29-22)28-16(4)5/h9-17H,1,8H2,2-7H3,(H,28,29)/b20-10-/t17-/m0/s1. The van der Waals surface area contributed by atoms with Crippen LogP contribution in [0.25, 0.3) is 28.2 Å². The first kappa shape index (κ1) is 23.4. The first-order valence-corrected chi connectivity index (χ1v) is 11.6. The molecule has 1 aromatic carbocycles. The van der Waals surface area contributed by atoms with Gasteiger partial charge in [-0.25, -0.2) is 9.97 Å². The molecule has 4 rings (SSSR count). The molecule has 176 valence electrons. The van der Waals surface area contributed by atoms with Crippen molar-refractivity contribution < 1.29 is 0 Å². The zero-order valence-electron chi connectivity index (χ0n) is 20.7. The molecule has 0 amide bonds. The van der Waals surface area contributed by atoms with Crippen LogP contribution in [-0.4, -0.2) is 41.9 Å². The number of imidazole rings is 1. The van der Waals surface area contributed by atoms with E-state index in [4.69, 9.17) is 9.97 Å². The highest BCUT2D eigenvalue weighted by Crippen LogP contribution is 2.33. The molecule has 0 saturated heterocycles. The number of aliphatic imine (C=N–C) groups is 1. The molecule has 3 heterocycles. The lowest BCUT2D eigenvalue weighted by Crippen LogP contribution is -2.14. The van der Waals surface area contributed by atoms with E-state index in [-0.39, 0.29) is 12.1 Å². The van der Waals surface area contributed by atoms with Gasteiger partial charge in [-0.2, -0.15) is 0 Å². The van der Waals surface area contributed by atoms with Crippen molar-refractivity contribution in [2.24, 2.45) is 4.99 Å². The van der Waals surface area contributed by atoms with Crippen LogP contribution >= 0.6 is 0 Å². The Bertz CT molecular complexity index is 1400. The number of aromatic nitrogens is 6. The van der Waals surface area contributed by atoms with Crippen molar-refractivity contribution in [3.63, 3.8) is 0 Å². The molecule has 0 aliphatic carbocycles. The average Bonchev–Trinajstić information content (AvgIpc) is 3.37. The molecule has 4 aromatic rings. The van der Waals surface area contributed by atoms with Gasteiger partial charge in [0, 0.05) is 12.2 Å². The maximum Gasteiger partial charge on any atom is 0.203 e. The van der Waals surface area contributed by atoms with E-state index in [0.29, 0.717) is 17.4 Å². The number of rotatable bonds is 8. The normalized spacial score (nSPS) is 13.2. The lowest BCUT2D eigenvalue weighted by Gasteiger charge is -2.19. The van der Waals surface area contributed by atoms with Crippen LogP contribution in [0, 0.1) is 6.92 Å². The second-order valence-electron chi connectivity index (χ2n) is 9.08. The van der Waals surface area contributed by atoms with E-state index in [1.165, 1.54) is 5.56 Å². The molecule has 0 aliphatic rings. The number of aryl methyl sites for hydroxylation is 1. The van der Waals surface area contributed by atoms with Crippen molar-refractivity contribution in [3.05, 3.63) is 60.2 Å². The highest BCUT2D eigenvalue weighted by atomic mass is 15.3. The van der Waals surface area contributed by atoms with Gasteiger partial charge < -0.3 is 9.88 Å². The number of allylic oxidation sites excluding steroid dienone is 3. The van der Waals surface area contributed by atoms with Gasteiger partial charge in [0.1, 0.15) is 11.5 Å². The molecule has 1 N–H and O–H groups in total. The van der Waals surface area contributed by atoms with Gasteiger partial charge in [0.25, 0.3) is 0 Å². The van der Waals surface area contributed by atoms with Gasteiger partial charge in [0.05, 0.1) is 22.8 Å². The monoisotopic (exact) mass is 456 g/mol. The predicted molar refractivity (Wildman–Crippen MR) is 140 cm³/mol. The Morgan fingerprint density at radius 1 is 1.12 bits per heavy atom. The molecule has 8 heteroatoms. The Hall–Kier alpha value is -3.81. The molecule has 0 spiro atoms. The maximum atomic E-state index is 5.03. The fourth-order valence-corrected chi connectivity index (χ4v) is 4.10. The number of anilines is 1. The summed E-state index contributed by atoms with van der Waals surface area (Å²) in [5.41, 5.74) is 5.37. The third-order valence-corrected chi connectivity index (χ3v) is 5.88.